The lowest BCUT2D eigenvalue weighted by Gasteiger charge is -2.32. The molecule has 2 N–H and O–H groups in total. The third-order valence-electron chi connectivity index (χ3n) is 4.27. The molecule has 1 aliphatic rings. The average Bonchev–Trinajstić information content (AvgIpc) is 2.86. The second-order valence-corrected chi connectivity index (χ2v) is 7.99. The van der Waals surface area contributed by atoms with Gasteiger partial charge in [-0.1, -0.05) is 18.7 Å². The molecule has 23 heavy (non-hydrogen) atoms. The number of rotatable bonds is 4. The first-order chi connectivity index (χ1) is 10.8. The fourth-order valence-corrected chi connectivity index (χ4v) is 4.53. The molecule has 0 fully saturated rings. The first-order valence-electron chi connectivity index (χ1n) is 7.41. The van der Waals surface area contributed by atoms with Crippen molar-refractivity contribution in [2.24, 2.45) is 12.8 Å². The topological polar surface area (TPSA) is 87.2 Å². The molecule has 1 atom stereocenters. The number of aromatic nitrogens is 2. The monoisotopic (exact) mass is 353 g/mol. The molecule has 2 aromatic heterocycles. The third-order valence-corrected chi connectivity index (χ3v) is 6.42. The van der Waals surface area contributed by atoms with E-state index in [1.54, 1.807) is 7.05 Å². The Morgan fingerprint density at radius 3 is 2.96 bits per heavy atom. The largest absolute Gasteiger partial charge is 0.369 e. The number of carbonyl (C=O) groups is 1. The quantitative estimate of drug-likeness (QED) is 0.669. The summed E-state index contributed by atoms with van der Waals surface area (Å²) in [6.07, 6.45) is 1.62. The molecule has 1 amide bonds. The molecule has 0 radical (unpaired) electrons. The molecule has 0 bridgehead atoms. The van der Waals surface area contributed by atoms with Crippen molar-refractivity contribution in [1.29, 1.82) is 0 Å². The van der Waals surface area contributed by atoms with E-state index in [1.807, 2.05) is 0 Å². The molecule has 0 aliphatic carbocycles. The van der Waals surface area contributed by atoms with Crippen LogP contribution in [0.2, 0.25) is 0 Å². The highest BCUT2D eigenvalue weighted by molar-refractivity contribution is 7.99. The zero-order chi connectivity index (χ0) is 16.8. The van der Waals surface area contributed by atoms with Crippen LogP contribution in [-0.2, 0) is 29.6 Å². The number of ether oxygens (including phenoxy) is 1. The number of thiophene rings is 1. The molecule has 1 unspecified atom stereocenters. The normalized spacial score (nSPS) is 20.7. The first kappa shape index (κ1) is 16.5. The van der Waals surface area contributed by atoms with Crippen molar-refractivity contribution < 1.29 is 9.53 Å². The Labute approximate surface area is 142 Å². The van der Waals surface area contributed by atoms with Crippen molar-refractivity contribution in [1.82, 2.24) is 9.55 Å². The molecule has 6 nitrogen and oxygen atoms in total. The van der Waals surface area contributed by atoms with Gasteiger partial charge in [0.05, 0.1) is 23.3 Å². The summed E-state index contributed by atoms with van der Waals surface area (Å²) in [5.41, 5.74) is 5.95. The predicted molar refractivity (Wildman–Crippen MR) is 92.0 cm³/mol. The number of hydrogen-bond acceptors (Lipinski definition) is 6. The molecular formula is C15H19N3O3S2. The smallest absolute Gasteiger partial charge is 0.262 e. The fourth-order valence-electron chi connectivity index (χ4n) is 2.67. The minimum absolute atomic E-state index is 0.0696. The zero-order valence-electron chi connectivity index (χ0n) is 13.3. The van der Waals surface area contributed by atoms with Crippen molar-refractivity contribution in [3.8, 4) is 0 Å². The van der Waals surface area contributed by atoms with E-state index >= 15 is 0 Å². The van der Waals surface area contributed by atoms with Crippen LogP contribution in [0.3, 0.4) is 0 Å². The lowest BCUT2D eigenvalue weighted by Crippen LogP contribution is -2.34. The van der Waals surface area contributed by atoms with Gasteiger partial charge in [0.1, 0.15) is 4.83 Å². The first-order valence-corrected chi connectivity index (χ1v) is 9.21. The third kappa shape index (κ3) is 2.90. The summed E-state index contributed by atoms with van der Waals surface area (Å²) < 4.78 is 7.46. The molecule has 0 saturated heterocycles. The number of carbonyl (C=O) groups excluding carboxylic acids is 1. The van der Waals surface area contributed by atoms with Crippen LogP contribution in [0.4, 0.5) is 0 Å². The van der Waals surface area contributed by atoms with Crippen LogP contribution in [0.15, 0.2) is 9.95 Å². The van der Waals surface area contributed by atoms with E-state index in [0.29, 0.717) is 22.0 Å². The van der Waals surface area contributed by atoms with Gasteiger partial charge in [0.15, 0.2) is 5.16 Å². The minimum Gasteiger partial charge on any atom is -0.369 e. The Morgan fingerprint density at radius 1 is 1.57 bits per heavy atom. The van der Waals surface area contributed by atoms with Crippen molar-refractivity contribution in [3.63, 3.8) is 0 Å². The van der Waals surface area contributed by atoms with Crippen molar-refractivity contribution in [3.05, 3.63) is 20.8 Å². The van der Waals surface area contributed by atoms with E-state index in [9.17, 15) is 9.59 Å². The summed E-state index contributed by atoms with van der Waals surface area (Å²) in [5, 5.41) is 1.21. The Bertz CT molecular complexity index is 843. The Morgan fingerprint density at radius 2 is 2.30 bits per heavy atom. The maximum atomic E-state index is 12.8. The SMILES string of the molecule is CCC1(C)Cc2c(sc3nc(SCC(N)=O)n(C)c(=O)c23)CO1. The van der Waals surface area contributed by atoms with Gasteiger partial charge < -0.3 is 10.5 Å². The molecule has 8 heteroatoms. The highest BCUT2D eigenvalue weighted by atomic mass is 32.2. The van der Waals surface area contributed by atoms with E-state index in [2.05, 4.69) is 18.8 Å². The zero-order valence-corrected chi connectivity index (χ0v) is 15.0. The molecule has 0 saturated carbocycles. The maximum absolute atomic E-state index is 12.8. The second-order valence-electron chi connectivity index (χ2n) is 5.97. The highest BCUT2D eigenvalue weighted by Crippen LogP contribution is 2.38. The van der Waals surface area contributed by atoms with Crippen LogP contribution < -0.4 is 11.3 Å². The minimum atomic E-state index is -0.429. The summed E-state index contributed by atoms with van der Waals surface area (Å²) in [5.74, 6) is -0.324. The van der Waals surface area contributed by atoms with Crippen LogP contribution >= 0.6 is 23.1 Å². The second kappa shape index (κ2) is 5.92. The van der Waals surface area contributed by atoms with Gasteiger partial charge in [0, 0.05) is 18.3 Å². The van der Waals surface area contributed by atoms with Crippen LogP contribution in [0, 0.1) is 0 Å². The van der Waals surface area contributed by atoms with Gasteiger partial charge in [-0.3, -0.25) is 14.2 Å². The summed E-state index contributed by atoms with van der Waals surface area (Å²) in [6, 6.07) is 0. The van der Waals surface area contributed by atoms with Crippen molar-refractivity contribution in [2.45, 2.75) is 44.1 Å². The summed E-state index contributed by atoms with van der Waals surface area (Å²) in [7, 11) is 1.68. The van der Waals surface area contributed by atoms with E-state index < -0.39 is 5.91 Å². The van der Waals surface area contributed by atoms with E-state index in [0.717, 1.165) is 23.3 Å². The molecule has 124 valence electrons. The van der Waals surface area contributed by atoms with Gasteiger partial charge in [-0.2, -0.15) is 0 Å². The lowest BCUT2D eigenvalue weighted by molar-refractivity contribution is -0.115. The van der Waals surface area contributed by atoms with Crippen LogP contribution in [-0.4, -0.2) is 26.8 Å². The highest BCUT2D eigenvalue weighted by Gasteiger charge is 2.33. The number of nitrogens with two attached hydrogens (primary N) is 1. The maximum Gasteiger partial charge on any atom is 0.262 e. The number of nitrogens with zero attached hydrogens (tertiary/aromatic N) is 2. The Kier molecular flexibility index (Phi) is 4.24. The number of fused-ring (bicyclic) bond motifs is 3. The molecule has 1 aliphatic heterocycles. The summed E-state index contributed by atoms with van der Waals surface area (Å²) in [6.45, 7) is 4.69. The standard InChI is InChI=1S/C15H19N3O3S2/c1-4-15(2)5-8-9(6-21-15)23-12-11(8)13(20)18(3)14(17-12)22-7-10(16)19/h4-7H2,1-3H3,(H2,16,19). The van der Waals surface area contributed by atoms with E-state index in [-0.39, 0.29) is 16.9 Å². The van der Waals surface area contributed by atoms with Crippen LogP contribution in [0.25, 0.3) is 10.2 Å². The van der Waals surface area contributed by atoms with Gasteiger partial charge in [0.2, 0.25) is 5.91 Å². The lowest BCUT2D eigenvalue weighted by atomic mass is 9.90. The molecule has 0 spiro atoms. The van der Waals surface area contributed by atoms with Gasteiger partial charge in [-0.25, -0.2) is 4.98 Å². The van der Waals surface area contributed by atoms with E-state index in [1.165, 1.54) is 27.7 Å². The number of hydrogen-bond donors (Lipinski definition) is 1. The number of thioether (sulfide) groups is 1. The Balaban J connectivity index is 2.12. The fraction of sp³-hybridized carbons (Fsp3) is 0.533. The summed E-state index contributed by atoms with van der Waals surface area (Å²) >= 11 is 2.69. The van der Waals surface area contributed by atoms with Crippen molar-refractivity contribution >= 4 is 39.2 Å². The van der Waals surface area contributed by atoms with Gasteiger partial charge in [-0.15, -0.1) is 11.3 Å². The molecule has 0 aromatic carbocycles. The molecular weight excluding hydrogens is 334 g/mol. The van der Waals surface area contributed by atoms with Gasteiger partial charge >= 0.3 is 0 Å². The number of primary amides is 1. The van der Waals surface area contributed by atoms with Gasteiger partial charge in [0.25, 0.3) is 5.56 Å². The molecule has 2 aromatic rings. The van der Waals surface area contributed by atoms with Crippen molar-refractivity contribution in [2.75, 3.05) is 5.75 Å². The van der Waals surface area contributed by atoms with Crippen LogP contribution in [0.5, 0.6) is 0 Å². The molecule has 3 rings (SSSR count). The Hall–Kier alpha value is -1.38. The van der Waals surface area contributed by atoms with Crippen LogP contribution in [0.1, 0.15) is 30.7 Å². The summed E-state index contributed by atoms with van der Waals surface area (Å²) in [4.78, 5) is 30.1. The van der Waals surface area contributed by atoms with Gasteiger partial charge in [-0.05, 0) is 18.9 Å². The average molecular weight is 353 g/mol. The molecule has 3 heterocycles. The van der Waals surface area contributed by atoms with E-state index in [4.69, 9.17) is 10.5 Å². The number of amides is 1. The predicted octanol–water partition coefficient (Wildman–Crippen LogP) is 1.81.